The largest absolute Gasteiger partial charge is 0.479 e. The lowest BCUT2D eigenvalue weighted by molar-refractivity contribution is -0.160. The number of aliphatic carboxylic acids is 1. The van der Waals surface area contributed by atoms with Crippen molar-refractivity contribution in [2.45, 2.75) is 12.0 Å². The van der Waals surface area contributed by atoms with Crippen LogP contribution in [0.5, 0.6) is 0 Å². The third-order valence-corrected chi connectivity index (χ3v) is 3.30. The van der Waals surface area contributed by atoms with Crippen LogP contribution in [-0.4, -0.2) is 54.0 Å². The van der Waals surface area contributed by atoms with E-state index in [1.54, 1.807) is 0 Å². The molecule has 1 N–H and O–H groups in total. The van der Waals surface area contributed by atoms with Crippen molar-refractivity contribution in [2.24, 2.45) is 5.92 Å². The Morgan fingerprint density at radius 3 is 3.00 bits per heavy atom. The molecule has 94 valence electrons. The van der Waals surface area contributed by atoms with Crippen molar-refractivity contribution in [3.8, 4) is 0 Å². The van der Waals surface area contributed by atoms with Gasteiger partial charge in [0.25, 0.3) is 0 Å². The highest BCUT2D eigenvalue weighted by molar-refractivity contribution is 5.81. The van der Waals surface area contributed by atoms with Gasteiger partial charge in [0.2, 0.25) is 0 Å². The Bertz CT molecular complexity index is 356. The van der Waals surface area contributed by atoms with E-state index in [1.807, 2.05) is 0 Å². The summed E-state index contributed by atoms with van der Waals surface area (Å²) in [6, 6.07) is 0. The lowest BCUT2D eigenvalue weighted by Crippen LogP contribution is -2.45. The van der Waals surface area contributed by atoms with Crippen LogP contribution in [-0.2, 0) is 14.3 Å². The summed E-state index contributed by atoms with van der Waals surface area (Å²) in [7, 11) is 0. The Labute approximate surface area is 98.8 Å². The van der Waals surface area contributed by atoms with Gasteiger partial charge in [0.15, 0.2) is 5.60 Å². The number of amides is 1. The number of carbonyl (C=O) groups is 2. The first-order chi connectivity index (χ1) is 8.10. The van der Waals surface area contributed by atoms with Crippen LogP contribution in [0.2, 0.25) is 0 Å². The molecule has 2 saturated heterocycles. The van der Waals surface area contributed by atoms with Gasteiger partial charge in [-0.05, 0) is 6.42 Å². The summed E-state index contributed by atoms with van der Waals surface area (Å²) in [5.74, 6) is -1.14. The number of carboxylic acids is 1. The van der Waals surface area contributed by atoms with Gasteiger partial charge in [-0.25, -0.2) is 9.59 Å². The minimum atomic E-state index is -1.23. The van der Waals surface area contributed by atoms with Gasteiger partial charge in [-0.2, -0.15) is 0 Å². The van der Waals surface area contributed by atoms with E-state index in [9.17, 15) is 14.7 Å². The van der Waals surface area contributed by atoms with Crippen LogP contribution in [0.3, 0.4) is 0 Å². The van der Waals surface area contributed by atoms with E-state index >= 15 is 0 Å². The number of carboxylic acid groups (broad SMARTS) is 1. The molecule has 6 nitrogen and oxygen atoms in total. The van der Waals surface area contributed by atoms with Crippen molar-refractivity contribution in [1.29, 1.82) is 0 Å². The third-order valence-electron chi connectivity index (χ3n) is 3.30. The smallest absolute Gasteiger partial charge is 0.410 e. The second kappa shape index (κ2) is 4.37. The molecule has 0 spiro atoms. The molecule has 0 aliphatic carbocycles. The van der Waals surface area contributed by atoms with Crippen LogP contribution in [0.25, 0.3) is 0 Å². The van der Waals surface area contributed by atoms with E-state index in [-0.39, 0.29) is 19.1 Å². The Balaban J connectivity index is 2.05. The zero-order valence-corrected chi connectivity index (χ0v) is 9.42. The molecule has 0 aromatic rings. The summed E-state index contributed by atoms with van der Waals surface area (Å²) in [6.45, 7) is 4.44. The van der Waals surface area contributed by atoms with Crippen molar-refractivity contribution in [3.63, 3.8) is 0 Å². The number of rotatable bonds is 3. The molecule has 2 aliphatic heterocycles. The topological polar surface area (TPSA) is 76.1 Å². The SMILES string of the molecule is C=CCOC(=O)N1C[C@H]2CCO[C@@]2(C(=O)O)C1. The van der Waals surface area contributed by atoms with Crippen molar-refractivity contribution in [3.05, 3.63) is 12.7 Å². The average Bonchev–Trinajstić information content (AvgIpc) is 2.82. The summed E-state index contributed by atoms with van der Waals surface area (Å²) in [5, 5.41) is 9.23. The molecule has 0 aromatic heterocycles. The molecule has 0 aromatic carbocycles. The predicted molar refractivity (Wildman–Crippen MR) is 57.5 cm³/mol. The first-order valence-corrected chi connectivity index (χ1v) is 5.50. The summed E-state index contributed by atoms with van der Waals surface area (Å²) in [5.41, 5.74) is -1.23. The minimum Gasteiger partial charge on any atom is -0.479 e. The van der Waals surface area contributed by atoms with E-state index < -0.39 is 17.7 Å². The second-order valence-electron chi connectivity index (χ2n) is 4.27. The summed E-state index contributed by atoms with van der Waals surface area (Å²) >= 11 is 0. The van der Waals surface area contributed by atoms with E-state index in [2.05, 4.69) is 6.58 Å². The molecule has 1 amide bonds. The normalized spacial score (nSPS) is 31.1. The summed E-state index contributed by atoms with van der Waals surface area (Å²) in [4.78, 5) is 24.3. The van der Waals surface area contributed by atoms with Crippen molar-refractivity contribution in [2.75, 3.05) is 26.3 Å². The number of carbonyl (C=O) groups excluding carboxylic acids is 1. The Morgan fingerprint density at radius 1 is 1.65 bits per heavy atom. The maximum absolute atomic E-state index is 11.6. The quantitative estimate of drug-likeness (QED) is 0.727. The molecule has 2 fully saturated rings. The van der Waals surface area contributed by atoms with Crippen LogP contribution in [0.1, 0.15) is 6.42 Å². The number of hydrogen-bond donors (Lipinski definition) is 1. The molecule has 2 rings (SSSR count). The Morgan fingerprint density at radius 2 is 2.41 bits per heavy atom. The summed E-state index contributed by atoms with van der Waals surface area (Å²) < 4.78 is 10.2. The lowest BCUT2D eigenvalue weighted by Gasteiger charge is -2.22. The van der Waals surface area contributed by atoms with Gasteiger partial charge in [0, 0.05) is 19.1 Å². The zero-order chi connectivity index (χ0) is 12.5. The fourth-order valence-electron chi connectivity index (χ4n) is 2.43. The molecule has 2 heterocycles. The van der Waals surface area contributed by atoms with Crippen molar-refractivity contribution in [1.82, 2.24) is 4.90 Å². The Kier molecular flexibility index (Phi) is 3.06. The number of likely N-dealkylation sites (tertiary alicyclic amines) is 1. The molecular weight excluding hydrogens is 226 g/mol. The van der Waals surface area contributed by atoms with Crippen LogP contribution < -0.4 is 0 Å². The second-order valence-corrected chi connectivity index (χ2v) is 4.27. The highest BCUT2D eigenvalue weighted by Crippen LogP contribution is 2.39. The number of fused-ring (bicyclic) bond motifs is 1. The minimum absolute atomic E-state index is 0.0585. The Hall–Kier alpha value is -1.56. The van der Waals surface area contributed by atoms with Gasteiger partial charge in [0.05, 0.1) is 6.54 Å². The van der Waals surface area contributed by atoms with Crippen molar-refractivity contribution < 1.29 is 24.2 Å². The monoisotopic (exact) mass is 241 g/mol. The van der Waals surface area contributed by atoms with Crippen LogP contribution in [0, 0.1) is 5.92 Å². The third kappa shape index (κ3) is 1.88. The van der Waals surface area contributed by atoms with E-state index in [0.717, 1.165) is 0 Å². The molecule has 6 heteroatoms. The van der Waals surface area contributed by atoms with Crippen LogP contribution in [0.4, 0.5) is 4.79 Å². The maximum Gasteiger partial charge on any atom is 0.410 e. The molecule has 2 aliphatic rings. The fourth-order valence-corrected chi connectivity index (χ4v) is 2.43. The number of hydrogen-bond acceptors (Lipinski definition) is 4. The maximum atomic E-state index is 11.6. The van der Waals surface area contributed by atoms with Crippen LogP contribution >= 0.6 is 0 Å². The van der Waals surface area contributed by atoms with Gasteiger partial charge in [-0.1, -0.05) is 12.7 Å². The highest BCUT2D eigenvalue weighted by Gasteiger charge is 2.58. The van der Waals surface area contributed by atoms with Gasteiger partial charge in [-0.3, -0.25) is 0 Å². The summed E-state index contributed by atoms with van der Waals surface area (Å²) in [6.07, 6.45) is 1.62. The first kappa shape index (κ1) is 11.9. The lowest BCUT2D eigenvalue weighted by atomic mass is 9.91. The zero-order valence-electron chi connectivity index (χ0n) is 9.42. The molecule has 0 unspecified atom stereocenters. The average molecular weight is 241 g/mol. The number of ether oxygens (including phenoxy) is 2. The van der Waals surface area contributed by atoms with Gasteiger partial charge < -0.3 is 19.5 Å². The van der Waals surface area contributed by atoms with E-state index in [0.29, 0.717) is 19.6 Å². The van der Waals surface area contributed by atoms with E-state index in [4.69, 9.17) is 9.47 Å². The molecule has 0 bridgehead atoms. The van der Waals surface area contributed by atoms with E-state index in [1.165, 1.54) is 11.0 Å². The molecule has 2 atom stereocenters. The van der Waals surface area contributed by atoms with Crippen molar-refractivity contribution >= 4 is 12.1 Å². The molecular formula is C11H15NO5. The standard InChI is InChI=1S/C11H15NO5/c1-2-4-16-10(15)12-6-8-3-5-17-11(8,7-12)9(13)14/h2,8H,1,3-7H2,(H,13,14)/t8-,11+/m1/s1. The van der Waals surface area contributed by atoms with Gasteiger partial charge in [-0.15, -0.1) is 0 Å². The van der Waals surface area contributed by atoms with Crippen LogP contribution in [0.15, 0.2) is 12.7 Å². The first-order valence-electron chi connectivity index (χ1n) is 5.50. The highest BCUT2D eigenvalue weighted by atomic mass is 16.6. The predicted octanol–water partition coefficient (Wildman–Crippen LogP) is 0.485. The molecule has 0 radical (unpaired) electrons. The van der Waals surface area contributed by atoms with Gasteiger partial charge in [0.1, 0.15) is 6.61 Å². The fraction of sp³-hybridized carbons (Fsp3) is 0.636. The molecule has 0 saturated carbocycles. The number of nitrogens with zero attached hydrogens (tertiary/aromatic N) is 1. The van der Waals surface area contributed by atoms with Gasteiger partial charge >= 0.3 is 12.1 Å². The molecule has 17 heavy (non-hydrogen) atoms.